The molecule has 1 saturated heterocycles. The summed E-state index contributed by atoms with van der Waals surface area (Å²) in [4.78, 5) is 23.9. The minimum Gasteiger partial charge on any atom is -0.338 e. The van der Waals surface area contributed by atoms with Crippen LogP contribution in [0.1, 0.15) is 23.2 Å². The van der Waals surface area contributed by atoms with Crippen LogP contribution in [0.25, 0.3) is 0 Å². The molecule has 0 radical (unpaired) electrons. The highest BCUT2D eigenvalue weighted by atomic mass is 79.9. The minimum atomic E-state index is -1.34. The van der Waals surface area contributed by atoms with Crippen molar-refractivity contribution >= 4 is 27.5 Å². The lowest BCUT2D eigenvalue weighted by atomic mass is 10.1. The summed E-state index contributed by atoms with van der Waals surface area (Å²) in [7, 11) is 0. The number of hydrogen-bond acceptors (Lipinski definition) is 3. The highest BCUT2D eigenvalue weighted by molar-refractivity contribution is 9.09. The van der Waals surface area contributed by atoms with Crippen LogP contribution in [0.15, 0.2) is 12.1 Å². The summed E-state index contributed by atoms with van der Waals surface area (Å²) in [6.45, 7) is 0.843. The van der Waals surface area contributed by atoms with Crippen LogP contribution in [0.4, 0.5) is 14.5 Å². The Hall–Kier alpha value is -1.57. The first-order chi connectivity index (χ1) is 9.40. The number of hydrogen-bond donors (Lipinski definition) is 0. The van der Waals surface area contributed by atoms with E-state index in [0.29, 0.717) is 42.9 Å². The summed E-state index contributed by atoms with van der Waals surface area (Å²) in [5.41, 5.74) is -1.13. The SMILES string of the molecule is O=C(c1cc(F)c(F)cc1[N+](=O)[O-])N1CCC(Br)CC1. The molecule has 0 unspecified atom stereocenters. The number of nitrogens with zero attached hydrogens (tertiary/aromatic N) is 2. The highest BCUT2D eigenvalue weighted by Crippen LogP contribution is 2.26. The molecule has 0 spiro atoms. The van der Waals surface area contributed by atoms with Gasteiger partial charge < -0.3 is 4.90 Å². The number of carbonyl (C=O) groups is 1. The van der Waals surface area contributed by atoms with Crippen LogP contribution in [-0.4, -0.2) is 33.6 Å². The monoisotopic (exact) mass is 348 g/mol. The molecule has 0 saturated carbocycles. The maximum absolute atomic E-state index is 13.2. The van der Waals surface area contributed by atoms with Crippen LogP contribution in [0.3, 0.4) is 0 Å². The molecule has 108 valence electrons. The van der Waals surface area contributed by atoms with E-state index >= 15 is 0 Å². The van der Waals surface area contributed by atoms with Gasteiger partial charge in [0.15, 0.2) is 11.6 Å². The molecule has 1 aromatic carbocycles. The lowest BCUT2D eigenvalue weighted by molar-refractivity contribution is -0.385. The molecule has 0 bridgehead atoms. The van der Waals surface area contributed by atoms with Crippen molar-refractivity contribution in [1.29, 1.82) is 0 Å². The van der Waals surface area contributed by atoms with Gasteiger partial charge in [-0.25, -0.2) is 8.78 Å². The van der Waals surface area contributed by atoms with Gasteiger partial charge in [0.1, 0.15) is 5.56 Å². The Morgan fingerprint density at radius 1 is 1.30 bits per heavy atom. The van der Waals surface area contributed by atoms with E-state index in [2.05, 4.69) is 15.9 Å². The summed E-state index contributed by atoms with van der Waals surface area (Å²) in [5.74, 6) is -3.25. The fraction of sp³-hybridized carbons (Fsp3) is 0.417. The third kappa shape index (κ3) is 2.95. The summed E-state index contributed by atoms with van der Waals surface area (Å²) in [6, 6.07) is 1.04. The molecule has 20 heavy (non-hydrogen) atoms. The molecule has 1 fully saturated rings. The van der Waals surface area contributed by atoms with Gasteiger partial charge >= 0.3 is 0 Å². The zero-order valence-corrected chi connectivity index (χ0v) is 11.9. The topological polar surface area (TPSA) is 63.4 Å². The van der Waals surface area contributed by atoms with E-state index in [-0.39, 0.29) is 0 Å². The van der Waals surface area contributed by atoms with Gasteiger partial charge in [-0.2, -0.15) is 0 Å². The van der Waals surface area contributed by atoms with Gasteiger partial charge in [0.2, 0.25) is 0 Å². The molecular weight excluding hydrogens is 338 g/mol. The first kappa shape index (κ1) is 14.8. The number of likely N-dealkylation sites (tertiary alicyclic amines) is 1. The van der Waals surface area contributed by atoms with E-state index in [1.54, 1.807) is 0 Å². The van der Waals surface area contributed by atoms with E-state index in [1.165, 1.54) is 4.90 Å². The van der Waals surface area contributed by atoms with Crippen molar-refractivity contribution in [2.45, 2.75) is 17.7 Å². The molecule has 5 nitrogen and oxygen atoms in total. The predicted molar refractivity (Wildman–Crippen MR) is 70.9 cm³/mol. The van der Waals surface area contributed by atoms with Crippen molar-refractivity contribution in [3.8, 4) is 0 Å². The van der Waals surface area contributed by atoms with Crippen molar-refractivity contribution in [2.24, 2.45) is 0 Å². The zero-order chi connectivity index (χ0) is 14.9. The fourth-order valence-electron chi connectivity index (χ4n) is 2.08. The molecule has 0 aromatic heterocycles. The lowest BCUT2D eigenvalue weighted by Gasteiger charge is -2.29. The summed E-state index contributed by atoms with van der Waals surface area (Å²) in [6.07, 6.45) is 1.42. The van der Waals surface area contributed by atoms with Crippen molar-refractivity contribution in [3.63, 3.8) is 0 Å². The molecule has 1 amide bonds. The number of carbonyl (C=O) groups excluding carboxylic acids is 1. The molecule has 0 atom stereocenters. The van der Waals surface area contributed by atoms with Gasteiger partial charge in [-0.05, 0) is 18.9 Å². The number of nitro benzene ring substituents is 1. The van der Waals surface area contributed by atoms with E-state index < -0.39 is 33.7 Å². The Labute approximate surface area is 121 Å². The van der Waals surface area contributed by atoms with Crippen LogP contribution in [-0.2, 0) is 0 Å². The Morgan fingerprint density at radius 3 is 2.40 bits per heavy atom. The standard InChI is InChI=1S/C12H11BrF2N2O3/c13-7-1-3-16(4-2-7)12(18)8-5-9(14)10(15)6-11(8)17(19)20/h5-7H,1-4H2. The van der Waals surface area contributed by atoms with E-state index in [4.69, 9.17) is 0 Å². The molecule has 0 N–H and O–H groups in total. The van der Waals surface area contributed by atoms with Crippen LogP contribution >= 0.6 is 15.9 Å². The number of amides is 1. The molecular formula is C12H11BrF2N2O3. The third-order valence-corrected chi connectivity index (χ3v) is 4.09. The Balaban J connectivity index is 2.34. The van der Waals surface area contributed by atoms with Crippen LogP contribution in [0.2, 0.25) is 0 Å². The number of nitro groups is 1. The van der Waals surface area contributed by atoms with Gasteiger partial charge in [-0.3, -0.25) is 14.9 Å². The molecule has 1 aliphatic heterocycles. The Kier molecular flexibility index (Phi) is 4.32. The fourth-order valence-corrected chi connectivity index (χ4v) is 2.49. The second-order valence-corrected chi connectivity index (χ2v) is 5.80. The minimum absolute atomic E-state index is 0.298. The van der Waals surface area contributed by atoms with Crippen molar-refractivity contribution in [2.75, 3.05) is 13.1 Å². The number of benzene rings is 1. The predicted octanol–water partition coefficient (Wildman–Crippen LogP) is 2.87. The second-order valence-electron chi connectivity index (χ2n) is 4.51. The maximum atomic E-state index is 13.2. The summed E-state index contributed by atoms with van der Waals surface area (Å²) >= 11 is 3.42. The van der Waals surface area contributed by atoms with Crippen molar-refractivity contribution in [3.05, 3.63) is 39.4 Å². The number of piperidine rings is 1. The Bertz CT molecular complexity index is 560. The molecule has 1 heterocycles. The first-order valence-electron chi connectivity index (χ1n) is 5.97. The number of alkyl halides is 1. The van der Waals surface area contributed by atoms with Crippen LogP contribution in [0.5, 0.6) is 0 Å². The van der Waals surface area contributed by atoms with E-state index in [0.717, 1.165) is 0 Å². The van der Waals surface area contributed by atoms with Crippen LogP contribution in [0, 0.1) is 21.7 Å². The smallest absolute Gasteiger partial charge is 0.285 e. The third-order valence-electron chi connectivity index (χ3n) is 3.18. The zero-order valence-electron chi connectivity index (χ0n) is 10.3. The summed E-state index contributed by atoms with van der Waals surface area (Å²) in [5, 5.41) is 10.9. The first-order valence-corrected chi connectivity index (χ1v) is 6.88. The van der Waals surface area contributed by atoms with Gasteiger partial charge in [0.25, 0.3) is 11.6 Å². The molecule has 0 aliphatic carbocycles. The van der Waals surface area contributed by atoms with Crippen molar-refractivity contribution < 1.29 is 18.5 Å². The number of rotatable bonds is 2. The van der Waals surface area contributed by atoms with Crippen LogP contribution < -0.4 is 0 Å². The molecule has 1 aromatic rings. The van der Waals surface area contributed by atoms with E-state index in [9.17, 15) is 23.7 Å². The largest absolute Gasteiger partial charge is 0.338 e. The van der Waals surface area contributed by atoms with Gasteiger partial charge in [0, 0.05) is 17.9 Å². The van der Waals surface area contributed by atoms with Gasteiger partial charge in [-0.15, -0.1) is 0 Å². The molecule has 2 rings (SSSR count). The average molecular weight is 349 g/mol. The lowest BCUT2D eigenvalue weighted by Crippen LogP contribution is -2.39. The maximum Gasteiger partial charge on any atom is 0.285 e. The highest BCUT2D eigenvalue weighted by Gasteiger charge is 2.29. The molecule has 1 aliphatic rings. The second kappa shape index (κ2) is 5.82. The Morgan fingerprint density at radius 2 is 1.85 bits per heavy atom. The van der Waals surface area contributed by atoms with Gasteiger partial charge in [-0.1, -0.05) is 15.9 Å². The normalized spacial score (nSPS) is 16.2. The average Bonchev–Trinajstić information content (AvgIpc) is 2.41. The molecule has 8 heteroatoms. The summed E-state index contributed by atoms with van der Waals surface area (Å²) < 4.78 is 26.3. The van der Waals surface area contributed by atoms with E-state index in [1.807, 2.05) is 0 Å². The number of halogens is 3. The quantitative estimate of drug-likeness (QED) is 0.469. The van der Waals surface area contributed by atoms with Crippen molar-refractivity contribution in [1.82, 2.24) is 4.90 Å². The van der Waals surface area contributed by atoms with Gasteiger partial charge in [0.05, 0.1) is 11.0 Å².